The summed E-state index contributed by atoms with van der Waals surface area (Å²) in [7, 11) is 0. The van der Waals surface area contributed by atoms with Crippen molar-refractivity contribution in [2.75, 3.05) is 31.6 Å². The molecule has 2 rings (SSSR count). The molecule has 0 unspecified atom stereocenters. The molecule has 1 heterocycles. The highest BCUT2D eigenvalue weighted by molar-refractivity contribution is 6.33. The molecule has 8 heteroatoms. The van der Waals surface area contributed by atoms with Crippen LogP contribution in [0.4, 0.5) is 16.2 Å². The molecule has 114 valence electrons. The highest BCUT2D eigenvalue weighted by Gasteiger charge is 2.20. The van der Waals surface area contributed by atoms with Gasteiger partial charge in [0, 0.05) is 25.2 Å². The largest absolute Gasteiger partial charge is 0.448 e. The molecule has 0 atom stereocenters. The number of ether oxygens (including phenoxy) is 1. The summed E-state index contributed by atoms with van der Waals surface area (Å²) in [4.78, 5) is 23.2. The van der Waals surface area contributed by atoms with Gasteiger partial charge in [-0.15, -0.1) is 0 Å². The molecule has 0 aliphatic carbocycles. The number of carbonyl (C=O) groups is 1. The molecule has 0 saturated carbocycles. The summed E-state index contributed by atoms with van der Waals surface area (Å²) in [5.74, 6) is 0. The number of cyclic esters (lactones) is 1. The fraction of sp³-hybridized carbons (Fsp3) is 0.462. The van der Waals surface area contributed by atoms with Crippen LogP contribution in [0.1, 0.15) is 12.0 Å². The molecule has 1 aromatic rings. The number of halogens is 1. The Bertz CT molecular complexity index is 541. The van der Waals surface area contributed by atoms with Crippen LogP contribution in [0.2, 0.25) is 5.02 Å². The van der Waals surface area contributed by atoms with E-state index < -0.39 is 4.92 Å². The molecule has 1 N–H and O–H groups in total. The number of nitro groups is 1. The lowest BCUT2D eigenvalue weighted by atomic mass is 10.1. The van der Waals surface area contributed by atoms with Crippen LogP contribution < -0.4 is 5.32 Å². The molecule has 1 aliphatic rings. The number of rotatable bonds is 6. The number of hydrogen-bond acceptors (Lipinski definition) is 5. The second kappa shape index (κ2) is 6.62. The number of aryl methyl sites for hydroxylation is 1. The molecular weight excluding hydrogens is 298 g/mol. The Hall–Kier alpha value is -2.02. The summed E-state index contributed by atoms with van der Waals surface area (Å²) >= 11 is 6.06. The molecule has 1 saturated heterocycles. The van der Waals surface area contributed by atoms with E-state index in [4.69, 9.17) is 16.3 Å². The topological polar surface area (TPSA) is 84.7 Å². The quantitative estimate of drug-likeness (QED) is 0.496. The predicted molar refractivity (Wildman–Crippen MR) is 78.9 cm³/mol. The fourth-order valence-corrected chi connectivity index (χ4v) is 2.50. The molecule has 21 heavy (non-hydrogen) atoms. The number of benzene rings is 1. The van der Waals surface area contributed by atoms with Crippen LogP contribution >= 0.6 is 11.6 Å². The van der Waals surface area contributed by atoms with Gasteiger partial charge in [0.05, 0.1) is 22.2 Å². The third kappa shape index (κ3) is 3.75. The zero-order valence-corrected chi connectivity index (χ0v) is 12.4. The van der Waals surface area contributed by atoms with Gasteiger partial charge in [-0.2, -0.15) is 0 Å². The zero-order chi connectivity index (χ0) is 15.4. The third-order valence-electron chi connectivity index (χ3n) is 3.23. The molecule has 1 fully saturated rings. The van der Waals surface area contributed by atoms with Gasteiger partial charge in [-0.1, -0.05) is 11.6 Å². The number of nitro benzene ring substituents is 1. The zero-order valence-electron chi connectivity index (χ0n) is 11.6. The summed E-state index contributed by atoms with van der Waals surface area (Å²) in [6.07, 6.45) is 0.460. The van der Waals surface area contributed by atoms with E-state index >= 15 is 0 Å². The van der Waals surface area contributed by atoms with E-state index in [0.717, 1.165) is 12.0 Å². The first-order chi connectivity index (χ1) is 9.99. The first-order valence-corrected chi connectivity index (χ1v) is 6.97. The van der Waals surface area contributed by atoms with Gasteiger partial charge >= 0.3 is 6.09 Å². The van der Waals surface area contributed by atoms with E-state index in [0.29, 0.717) is 37.0 Å². The van der Waals surface area contributed by atoms with Crippen molar-refractivity contribution in [2.24, 2.45) is 0 Å². The van der Waals surface area contributed by atoms with Crippen molar-refractivity contribution in [3.05, 3.63) is 32.8 Å². The number of amides is 1. The van der Waals surface area contributed by atoms with Gasteiger partial charge in [-0.3, -0.25) is 10.1 Å². The number of non-ortho nitro benzene ring substituents is 1. The molecular formula is C13H16ClN3O4. The van der Waals surface area contributed by atoms with Gasteiger partial charge in [0.1, 0.15) is 6.61 Å². The second-order valence-corrected chi connectivity index (χ2v) is 5.17. The Kier molecular flexibility index (Phi) is 4.85. The highest BCUT2D eigenvalue weighted by Crippen LogP contribution is 2.30. The van der Waals surface area contributed by atoms with Crippen LogP contribution in [0.3, 0.4) is 0 Å². The minimum atomic E-state index is -0.471. The first-order valence-electron chi connectivity index (χ1n) is 6.59. The van der Waals surface area contributed by atoms with Crippen molar-refractivity contribution >= 4 is 29.1 Å². The Balaban J connectivity index is 1.88. The van der Waals surface area contributed by atoms with E-state index in [1.165, 1.54) is 12.1 Å². The molecule has 1 aliphatic heterocycles. The maximum atomic E-state index is 11.2. The lowest BCUT2D eigenvalue weighted by Gasteiger charge is -2.14. The molecule has 1 aromatic carbocycles. The molecule has 1 amide bonds. The normalized spacial score (nSPS) is 14.2. The fourth-order valence-electron chi connectivity index (χ4n) is 2.17. The van der Waals surface area contributed by atoms with Crippen molar-refractivity contribution < 1.29 is 14.5 Å². The number of anilines is 1. The average molecular weight is 314 g/mol. The van der Waals surface area contributed by atoms with Gasteiger partial charge in [-0.25, -0.2) is 4.79 Å². The molecule has 0 aromatic heterocycles. The third-order valence-corrected chi connectivity index (χ3v) is 3.53. The molecule has 0 spiro atoms. The molecule has 7 nitrogen and oxygen atoms in total. The summed E-state index contributed by atoms with van der Waals surface area (Å²) < 4.78 is 4.84. The van der Waals surface area contributed by atoms with Gasteiger partial charge < -0.3 is 15.0 Å². The van der Waals surface area contributed by atoms with E-state index in [1.807, 2.05) is 0 Å². The number of nitrogens with zero attached hydrogens (tertiary/aromatic N) is 2. The highest BCUT2D eigenvalue weighted by atomic mass is 35.5. The van der Waals surface area contributed by atoms with Crippen LogP contribution in [-0.4, -0.2) is 42.2 Å². The van der Waals surface area contributed by atoms with Crippen LogP contribution in [0.25, 0.3) is 0 Å². The van der Waals surface area contributed by atoms with Crippen LogP contribution in [0, 0.1) is 17.0 Å². The van der Waals surface area contributed by atoms with Crippen LogP contribution in [0.5, 0.6) is 0 Å². The summed E-state index contributed by atoms with van der Waals surface area (Å²) in [6.45, 7) is 4.05. The van der Waals surface area contributed by atoms with E-state index in [9.17, 15) is 14.9 Å². The minimum Gasteiger partial charge on any atom is -0.448 e. The monoisotopic (exact) mass is 313 g/mol. The van der Waals surface area contributed by atoms with Crippen molar-refractivity contribution in [1.82, 2.24) is 4.90 Å². The Labute approximate surface area is 127 Å². The second-order valence-electron chi connectivity index (χ2n) is 4.76. The lowest BCUT2D eigenvalue weighted by molar-refractivity contribution is -0.384. The van der Waals surface area contributed by atoms with Crippen molar-refractivity contribution in [3.63, 3.8) is 0 Å². The summed E-state index contributed by atoms with van der Waals surface area (Å²) in [5.41, 5.74) is 1.38. The van der Waals surface area contributed by atoms with E-state index in [1.54, 1.807) is 11.8 Å². The number of nitrogens with one attached hydrogen (secondary N) is 1. The average Bonchev–Trinajstić information content (AvgIpc) is 2.82. The Morgan fingerprint density at radius 3 is 2.86 bits per heavy atom. The van der Waals surface area contributed by atoms with Gasteiger partial charge in [-0.05, 0) is 18.9 Å². The van der Waals surface area contributed by atoms with Gasteiger partial charge in [0.25, 0.3) is 5.69 Å². The maximum Gasteiger partial charge on any atom is 0.409 e. The Morgan fingerprint density at radius 2 is 2.29 bits per heavy atom. The predicted octanol–water partition coefficient (Wildman–Crippen LogP) is 2.81. The SMILES string of the molecule is Cc1cc([N+](=O)[O-])cc(Cl)c1NCCCN1CCOC1=O. The van der Waals surface area contributed by atoms with Crippen molar-refractivity contribution in [1.29, 1.82) is 0 Å². The molecule has 0 bridgehead atoms. The van der Waals surface area contributed by atoms with Crippen molar-refractivity contribution in [2.45, 2.75) is 13.3 Å². The van der Waals surface area contributed by atoms with Gasteiger partial charge in [0.15, 0.2) is 0 Å². The van der Waals surface area contributed by atoms with Crippen molar-refractivity contribution in [3.8, 4) is 0 Å². The molecule has 0 radical (unpaired) electrons. The van der Waals surface area contributed by atoms with E-state index in [-0.39, 0.29) is 11.8 Å². The van der Waals surface area contributed by atoms with E-state index in [2.05, 4.69) is 5.32 Å². The summed E-state index contributed by atoms with van der Waals surface area (Å²) in [5, 5.41) is 14.2. The number of hydrogen-bond donors (Lipinski definition) is 1. The van der Waals surface area contributed by atoms with Gasteiger partial charge in [0.2, 0.25) is 0 Å². The van der Waals surface area contributed by atoms with Crippen LogP contribution in [0.15, 0.2) is 12.1 Å². The minimum absolute atomic E-state index is 0.0251. The number of carbonyl (C=O) groups excluding carboxylic acids is 1. The standard InChI is InChI=1S/C13H16ClN3O4/c1-9-7-10(17(19)20)8-11(14)12(9)15-3-2-4-16-5-6-21-13(16)18/h7-8,15H,2-6H2,1H3. The maximum absolute atomic E-state index is 11.2. The Morgan fingerprint density at radius 1 is 1.52 bits per heavy atom. The first kappa shape index (κ1) is 15.4. The smallest absolute Gasteiger partial charge is 0.409 e. The van der Waals surface area contributed by atoms with Crippen LogP contribution in [-0.2, 0) is 4.74 Å². The summed E-state index contributed by atoms with van der Waals surface area (Å²) in [6, 6.07) is 2.81. The lowest BCUT2D eigenvalue weighted by Crippen LogP contribution is -2.26.